The molecule has 3 nitrogen and oxygen atoms in total. The minimum atomic E-state index is -0.302. The molecule has 0 N–H and O–H groups in total. The molecule has 4 heteroatoms. The third-order valence-electron chi connectivity index (χ3n) is 2.80. The summed E-state index contributed by atoms with van der Waals surface area (Å²) in [6, 6.07) is 0.629. The van der Waals surface area contributed by atoms with Gasteiger partial charge in [0, 0.05) is 5.69 Å². The molecule has 1 aliphatic rings. The molecule has 1 aliphatic heterocycles. The van der Waals surface area contributed by atoms with Gasteiger partial charge in [0.1, 0.15) is 12.4 Å². The minimum Gasteiger partial charge on any atom is -0.462 e. The second-order valence-corrected chi connectivity index (χ2v) is 4.05. The smallest absolute Gasteiger partial charge is 0.297 e. The maximum absolute atomic E-state index is 13.4. The molecule has 90 valence electrons. The Morgan fingerprint density at radius 2 is 2.47 bits per heavy atom. The average molecular weight is 234 g/mol. The number of aryl methyl sites for hydroxylation is 1. The van der Waals surface area contributed by atoms with Gasteiger partial charge >= 0.3 is 0 Å². The van der Waals surface area contributed by atoms with E-state index in [0.29, 0.717) is 12.6 Å². The van der Waals surface area contributed by atoms with Crippen LogP contribution in [0.4, 0.5) is 4.39 Å². The molecule has 0 bridgehead atoms. The van der Waals surface area contributed by atoms with Crippen molar-refractivity contribution in [2.24, 2.45) is 0 Å². The highest BCUT2D eigenvalue weighted by Crippen LogP contribution is 2.32. The first kappa shape index (κ1) is 11.6. The van der Waals surface area contributed by atoms with Gasteiger partial charge in [-0.25, -0.2) is 9.37 Å². The Morgan fingerprint density at radius 3 is 3.18 bits per heavy atom. The highest BCUT2D eigenvalue weighted by molar-refractivity contribution is 5.27. The number of allylic oxidation sites excluding steroid dienone is 4. The van der Waals surface area contributed by atoms with Crippen molar-refractivity contribution in [2.45, 2.75) is 19.9 Å². The number of hydrogen-bond donors (Lipinski definition) is 0. The van der Waals surface area contributed by atoms with Crippen molar-refractivity contribution >= 4 is 0 Å². The van der Waals surface area contributed by atoms with E-state index in [4.69, 9.17) is 4.74 Å². The number of hydrogen-bond acceptors (Lipinski definition) is 2. The number of aromatic nitrogens is 2. The van der Waals surface area contributed by atoms with Gasteiger partial charge < -0.3 is 4.74 Å². The fourth-order valence-corrected chi connectivity index (χ4v) is 1.95. The zero-order valence-electron chi connectivity index (χ0n) is 9.98. The summed E-state index contributed by atoms with van der Waals surface area (Å²) in [6.07, 6.45) is 6.02. The summed E-state index contributed by atoms with van der Waals surface area (Å²) in [5.41, 5.74) is 1.92. The van der Waals surface area contributed by atoms with Gasteiger partial charge in [-0.15, -0.1) is 0 Å². The number of rotatable bonds is 3. The van der Waals surface area contributed by atoms with E-state index in [2.05, 4.69) is 11.6 Å². The average Bonchev–Trinajstić information content (AvgIpc) is 2.82. The highest BCUT2D eigenvalue weighted by Gasteiger charge is 2.27. The van der Waals surface area contributed by atoms with Crippen molar-refractivity contribution < 1.29 is 9.13 Å². The second-order valence-electron chi connectivity index (χ2n) is 4.05. The van der Waals surface area contributed by atoms with Crippen LogP contribution in [0.25, 0.3) is 0 Å². The molecule has 0 saturated heterocycles. The van der Waals surface area contributed by atoms with Gasteiger partial charge in [-0.1, -0.05) is 12.7 Å². The van der Waals surface area contributed by atoms with Crippen LogP contribution < -0.4 is 4.74 Å². The van der Waals surface area contributed by atoms with Gasteiger partial charge in [-0.05, 0) is 31.6 Å². The Balaban J connectivity index is 2.28. The first-order valence-corrected chi connectivity index (χ1v) is 5.46. The van der Waals surface area contributed by atoms with E-state index < -0.39 is 0 Å². The van der Waals surface area contributed by atoms with Crippen molar-refractivity contribution in [1.82, 2.24) is 9.55 Å². The van der Waals surface area contributed by atoms with E-state index in [-0.39, 0.29) is 11.9 Å². The maximum Gasteiger partial charge on any atom is 0.297 e. The Labute approximate surface area is 99.9 Å². The topological polar surface area (TPSA) is 27.1 Å². The van der Waals surface area contributed by atoms with Crippen LogP contribution in [0.1, 0.15) is 18.7 Å². The van der Waals surface area contributed by atoms with E-state index in [1.165, 1.54) is 18.2 Å². The standard InChI is InChI=1S/C13H15FN2O/c1-4-5-11(14)6-9(2)12-8-17-13-15-7-10(3)16(12)13/h4-7,12H,1,8H2,2-3H3/b9-6+,11-5+. The summed E-state index contributed by atoms with van der Waals surface area (Å²) in [5.74, 6) is -0.302. The fraction of sp³-hybridized carbons (Fsp3) is 0.308. The minimum absolute atomic E-state index is 0.0245. The van der Waals surface area contributed by atoms with Crippen LogP contribution >= 0.6 is 0 Å². The zero-order valence-corrected chi connectivity index (χ0v) is 9.98. The van der Waals surface area contributed by atoms with Crippen LogP contribution in [0.2, 0.25) is 0 Å². The van der Waals surface area contributed by atoms with E-state index in [0.717, 1.165) is 11.3 Å². The van der Waals surface area contributed by atoms with Gasteiger partial charge in [0.2, 0.25) is 0 Å². The summed E-state index contributed by atoms with van der Waals surface area (Å²) >= 11 is 0. The summed E-state index contributed by atoms with van der Waals surface area (Å²) in [7, 11) is 0. The van der Waals surface area contributed by atoms with Crippen molar-refractivity contribution in [2.75, 3.05) is 6.61 Å². The number of halogens is 1. The molecule has 2 heterocycles. The quantitative estimate of drug-likeness (QED) is 0.751. The van der Waals surface area contributed by atoms with Crippen molar-refractivity contribution in [3.63, 3.8) is 0 Å². The molecule has 1 unspecified atom stereocenters. The predicted molar refractivity (Wildman–Crippen MR) is 64.6 cm³/mol. The molecule has 0 fully saturated rings. The summed E-state index contributed by atoms with van der Waals surface area (Å²) in [4.78, 5) is 4.13. The Kier molecular flexibility index (Phi) is 3.13. The van der Waals surface area contributed by atoms with Gasteiger partial charge in [0.25, 0.3) is 6.01 Å². The lowest BCUT2D eigenvalue weighted by atomic mass is 10.1. The molecule has 0 radical (unpaired) electrons. The van der Waals surface area contributed by atoms with Crippen LogP contribution in [0.3, 0.4) is 0 Å². The number of nitrogens with zero attached hydrogens (tertiary/aromatic N) is 2. The Bertz CT molecular complexity index is 500. The molecule has 2 rings (SSSR count). The molecular weight excluding hydrogens is 219 g/mol. The number of imidazole rings is 1. The molecule has 0 aromatic carbocycles. The molecule has 0 aliphatic carbocycles. The first-order valence-electron chi connectivity index (χ1n) is 5.46. The summed E-state index contributed by atoms with van der Waals surface area (Å²) in [6.45, 7) is 7.82. The molecule has 0 spiro atoms. The lowest BCUT2D eigenvalue weighted by molar-refractivity contribution is 0.330. The molecular formula is C13H15FN2O. The lowest BCUT2D eigenvalue weighted by Crippen LogP contribution is -2.10. The molecule has 0 amide bonds. The van der Waals surface area contributed by atoms with Gasteiger partial charge in [-0.2, -0.15) is 0 Å². The molecule has 17 heavy (non-hydrogen) atoms. The first-order chi connectivity index (χ1) is 8.13. The van der Waals surface area contributed by atoms with E-state index in [1.807, 2.05) is 18.4 Å². The van der Waals surface area contributed by atoms with Gasteiger partial charge in [-0.3, -0.25) is 4.57 Å². The highest BCUT2D eigenvalue weighted by atomic mass is 19.1. The third kappa shape index (κ3) is 2.16. The molecule has 1 aromatic rings. The zero-order chi connectivity index (χ0) is 12.4. The number of fused-ring (bicyclic) bond motifs is 1. The lowest BCUT2D eigenvalue weighted by Gasteiger charge is -2.12. The van der Waals surface area contributed by atoms with Crippen LogP contribution in [0, 0.1) is 6.92 Å². The van der Waals surface area contributed by atoms with E-state index in [1.54, 1.807) is 6.20 Å². The number of ether oxygens (including phenoxy) is 1. The van der Waals surface area contributed by atoms with E-state index in [9.17, 15) is 4.39 Å². The summed E-state index contributed by atoms with van der Waals surface area (Å²) < 4.78 is 20.8. The van der Waals surface area contributed by atoms with Crippen molar-refractivity contribution in [1.29, 1.82) is 0 Å². The monoisotopic (exact) mass is 234 g/mol. The SMILES string of the molecule is C=C/C=C(F)\C=C(/C)C1COc2ncc(C)n21. The molecule has 1 atom stereocenters. The van der Waals surface area contributed by atoms with Crippen LogP contribution in [-0.4, -0.2) is 16.2 Å². The van der Waals surface area contributed by atoms with Crippen LogP contribution in [-0.2, 0) is 0 Å². The van der Waals surface area contributed by atoms with Crippen molar-refractivity contribution in [3.8, 4) is 6.01 Å². The van der Waals surface area contributed by atoms with Gasteiger partial charge in [0.15, 0.2) is 0 Å². The van der Waals surface area contributed by atoms with E-state index >= 15 is 0 Å². The third-order valence-corrected chi connectivity index (χ3v) is 2.80. The fourth-order valence-electron chi connectivity index (χ4n) is 1.95. The second kappa shape index (κ2) is 4.57. The molecule has 0 saturated carbocycles. The Morgan fingerprint density at radius 1 is 1.71 bits per heavy atom. The Hall–Kier alpha value is -1.84. The van der Waals surface area contributed by atoms with Crippen molar-refractivity contribution in [3.05, 3.63) is 48.1 Å². The van der Waals surface area contributed by atoms with Gasteiger partial charge in [0.05, 0.1) is 12.2 Å². The maximum atomic E-state index is 13.4. The normalized spacial score (nSPS) is 20.1. The van der Waals surface area contributed by atoms with Crippen LogP contribution in [0.5, 0.6) is 6.01 Å². The summed E-state index contributed by atoms with van der Waals surface area (Å²) in [5, 5.41) is 0. The predicted octanol–water partition coefficient (Wildman–Crippen LogP) is 3.11. The van der Waals surface area contributed by atoms with Crippen LogP contribution in [0.15, 0.2) is 42.4 Å². The largest absolute Gasteiger partial charge is 0.462 e. The molecule has 1 aromatic heterocycles.